The smallest absolute Gasteiger partial charge is 0.339 e. The molecule has 0 spiro atoms. The third-order valence-electron chi connectivity index (χ3n) is 2.08. The molecular weight excluding hydrogens is 232 g/mol. The molecule has 0 aliphatic heterocycles. The van der Waals surface area contributed by atoms with E-state index >= 15 is 0 Å². The van der Waals surface area contributed by atoms with Crippen molar-refractivity contribution in [1.29, 1.82) is 0 Å². The van der Waals surface area contributed by atoms with Crippen LogP contribution in [0.25, 0.3) is 0 Å². The number of allylic oxidation sites excluding steroid dienone is 2. The summed E-state index contributed by atoms with van der Waals surface area (Å²) in [5, 5.41) is 9.11. The maximum Gasteiger partial charge on any atom is 0.339 e. The maximum absolute atomic E-state index is 11.1. The Balaban J connectivity index is 3.30. The van der Waals surface area contributed by atoms with E-state index in [1.807, 2.05) is 0 Å². The van der Waals surface area contributed by atoms with Gasteiger partial charge in [-0.15, -0.1) is 0 Å². The molecule has 0 bridgehead atoms. The fourth-order valence-corrected chi connectivity index (χ4v) is 1.41. The molecule has 0 saturated carbocycles. The lowest BCUT2D eigenvalue weighted by Gasteiger charge is -2.13. The lowest BCUT2D eigenvalue weighted by molar-refractivity contribution is 0.0693. The van der Waals surface area contributed by atoms with Crippen molar-refractivity contribution in [3.63, 3.8) is 0 Å². The van der Waals surface area contributed by atoms with Gasteiger partial charge in [-0.05, 0) is 32.4 Å². The Morgan fingerprint density at radius 1 is 1.11 bits per heavy atom. The second-order valence-electron chi connectivity index (χ2n) is 4.03. The van der Waals surface area contributed by atoms with E-state index in [0.717, 1.165) is 0 Å². The third kappa shape index (κ3) is 3.38. The van der Waals surface area contributed by atoms with E-state index in [4.69, 9.17) is 14.6 Å². The van der Waals surface area contributed by atoms with Crippen LogP contribution in [0.4, 0.5) is 0 Å². The van der Waals surface area contributed by atoms with Gasteiger partial charge in [0.05, 0.1) is 11.5 Å². The molecule has 1 N–H and O–H groups in total. The number of hydrogen-bond acceptors (Lipinski definition) is 3. The molecule has 0 fully saturated rings. The summed E-state index contributed by atoms with van der Waals surface area (Å²) in [6, 6.07) is 3.03. The highest BCUT2D eigenvalue weighted by molar-refractivity contribution is 5.91. The van der Waals surface area contributed by atoms with Crippen LogP contribution in [-0.4, -0.2) is 11.1 Å². The number of carboxylic acids is 1. The largest absolute Gasteiger partial charge is 0.478 e. The lowest BCUT2D eigenvalue weighted by Crippen LogP contribution is -2.04. The molecule has 0 aromatic heterocycles. The first kappa shape index (κ1) is 13.8. The average Bonchev–Trinajstić information content (AvgIpc) is 2.20. The van der Waals surface area contributed by atoms with Gasteiger partial charge < -0.3 is 14.6 Å². The molecular formula is C14H16O4. The number of aromatic carboxylic acids is 1. The minimum atomic E-state index is -1.06. The molecule has 0 atom stereocenters. The number of rotatable bonds is 5. The first-order chi connectivity index (χ1) is 8.31. The van der Waals surface area contributed by atoms with E-state index < -0.39 is 5.97 Å². The van der Waals surface area contributed by atoms with E-state index in [9.17, 15) is 4.79 Å². The summed E-state index contributed by atoms with van der Waals surface area (Å²) < 4.78 is 10.7. The number of aryl methyl sites for hydroxylation is 1. The zero-order valence-electron chi connectivity index (χ0n) is 10.7. The summed E-state index contributed by atoms with van der Waals surface area (Å²) in [7, 11) is 0. The van der Waals surface area contributed by atoms with E-state index in [1.54, 1.807) is 20.8 Å². The number of carboxylic acid groups (broad SMARTS) is 1. The molecule has 0 amide bonds. The van der Waals surface area contributed by atoms with Crippen molar-refractivity contribution in [2.75, 3.05) is 0 Å². The molecule has 0 heterocycles. The highest BCUT2D eigenvalue weighted by atomic mass is 16.5. The monoisotopic (exact) mass is 248 g/mol. The van der Waals surface area contributed by atoms with Crippen LogP contribution in [-0.2, 0) is 0 Å². The molecule has 1 aromatic rings. The van der Waals surface area contributed by atoms with Gasteiger partial charge in [0.25, 0.3) is 0 Å². The summed E-state index contributed by atoms with van der Waals surface area (Å²) in [5.41, 5.74) is 0.772. The van der Waals surface area contributed by atoms with E-state index in [1.165, 1.54) is 12.1 Å². The summed E-state index contributed by atoms with van der Waals surface area (Å²) in [6.45, 7) is 12.3. The van der Waals surface area contributed by atoms with Gasteiger partial charge in [-0.1, -0.05) is 13.2 Å². The van der Waals surface area contributed by atoms with Crippen LogP contribution in [0.15, 0.2) is 36.8 Å². The first-order valence-electron chi connectivity index (χ1n) is 5.36. The Morgan fingerprint density at radius 2 is 1.61 bits per heavy atom. The second kappa shape index (κ2) is 5.40. The quantitative estimate of drug-likeness (QED) is 0.810. The van der Waals surface area contributed by atoms with Crippen LogP contribution in [0.1, 0.15) is 29.8 Å². The van der Waals surface area contributed by atoms with E-state index in [0.29, 0.717) is 22.8 Å². The van der Waals surface area contributed by atoms with Gasteiger partial charge in [0.1, 0.15) is 17.1 Å². The Morgan fingerprint density at radius 3 is 2.06 bits per heavy atom. The summed E-state index contributed by atoms with van der Waals surface area (Å²) in [5.74, 6) is 0.585. The lowest BCUT2D eigenvalue weighted by atomic mass is 10.1. The second-order valence-corrected chi connectivity index (χ2v) is 4.03. The van der Waals surface area contributed by atoms with Gasteiger partial charge in [0.15, 0.2) is 0 Å². The van der Waals surface area contributed by atoms with Crippen LogP contribution < -0.4 is 9.47 Å². The molecule has 18 heavy (non-hydrogen) atoms. The SMILES string of the molecule is C=C(C)Oc1cc(OC(=C)C)c(C(=O)O)cc1C. The van der Waals surface area contributed by atoms with Crippen molar-refractivity contribution in [1.82, 2.24) is 0 Å². The highest BCUT2D eigenvalue weighted by Gasteiger charge is 2.16. The molecule has 1 rings (SSSR count). The topological polar surface area (TPSA) is 55.8 Å². The van der Waals surface area contributed by atoms with Crippen molar-refractivity contribution in [2.45, 2.75) is 20.8 Å². The molecule has 96 valence electrons. The summed E-state index contributed by atoms with van der Waals surface area (Å²) in [4.78, 5) is 11.1. The Hall–Kier alpha value is -2.23. The molecule has 0 saturated heterocycles. The Bertz CT molecular complexity index is 515. The van der Waals surface area contributed by atoms with Gasteiger partial charge >= 0.3 is 5.97 Å². The predicted octanol–water partition coefficient (Wildman–Crippen LogP) is 3.52. The van der Waals surface area contributed by atoms with Crippen molar-refractivity contribution in [2.24, 2.45) is 0 Å². The average molecular weight is 248 g/mol. The van der Waals surface area contributed by atoms with Crippen molar-refractivity contribution >= 4 is 5.97 Å². The van der Waals surface area contributed by atoms with Crippen LogP contribution >= 0.6 is 0 Å². The van der Waals surface area contributed by atoms with Crippen molar-refractivity contribution in [3.8, 4) is 11.5 Å². The maximum atomic E-state index is 11.1. The van der Waals surface area contributed by atoms with Crippen LogP contribution in [0.5, 0.6) is 11.5 Å². The standard InChI is InChI=1S/C14H16O4/c1-8(2)17-12-7-13(18-9(3)4)11(14(15)16)6-10(12)5/h6-7H,1,3H2,2,4-5H3,(H,15,16). The normalized spacial score (nSPS) is 9.72. The van der Waals surface area contributed by atoms with Crippen LogP contribution in [0, 0.1) is 6.92 Å². The van der Waals surface area contributed by atoms with E-state index in [2.05, 4.69) is 13.2 Å². The highest BCUT2D eigenvalue weighted by Crippen LogP contribution is 2.30. The van der Waals surface area contributed by atoms with Crippen LogP contribution in [0.2, 0.25) is 0 Å². The number of ether oxygens (including phenoxy) is 2. The zero-order valence-corrected chi connectivity index (χ0v) is 10.7. The van der Waals surface area contributed by atoms with Gasteiger partial charge in [0, 0.05) is 6.07 Å². The molecule has 0 aliphatic carbocycles. The fourth-order valence-electron chi connectivity index (χ4n) is 1.41. The van der Waals surface area contributed by atoms with Gasteiger partial charge in [-0.3, -0.25) is 0 Å². The molecule has 0 radical (unpaired) electrons. The van der Waals surface area contributed by atoms with E-state index in [-0.39, 0.29) is 11.3 Å². The summed E-state index contributed by atoms with van der Waals surface area (Å²) >= 11 is 0. The minimum absolute atomic E-state index is 0.0737. The van der Waals surface area contributed by atoms with Gasteiger partial charge in [0.2, 0.25) is 0 Å². The minimum Gasteiger partial charge on any atom is -0.478 e. The Labute approximate surface area is 106 Å². The first-order valence-corrected chi connectivity index (χ1v) is 5.36. The zero-order chi connectivity index (χ0) is 13.9. The predicted molar refractivity (Wildman–Crippen MR) is 69.0 cm³/mol. The molecule has 0 unspecified atom stereocenters. The number of carbonyl (C=O) groups is 1. The van der Waals surface area contributed by atoms with Crippen molar-refractivity contribution in [3.05, 3.63) is 47.9 Å². The fraction of sp³-hybridized carbons (Fsp3) is 0.214. The van der Waals surface area contributed by atoms with Crippen molar-refractivity contribution < 1.29 is 19.4 Å². The molecule has 4 heteroatoms. The third-order valence-corrected chi connectivity index (χ3v) is 2.08. The Kier molecular flexibility index (Phi) is 4.15. The van der Waals surface area contributed by atoms with Gasteiger partial charge in [-0.25, -0.2) is 4.79 Å². The molecule has 4 nitrogen and oxygen atoms in total. The summed E-state index contributed by atoms with van der Waals surface area (Å²) in [6.07, 6.45) is 0. The number of benzene rings is 1. The van der Waals surface area contributed by atoms with Crippen LogP contribution in [0.3, 0.4) is 0 Å². The number of hydrogen-bond donors (Lipinski definition) is 1. The molecule has 0 aliphatic rings. The van der Waals surface area contributed by atoms with Gasteiger partial charge in [-0.2, -0.15) is 0 Å². The molecule has 1 aromatic carbocycles.